The quantitative estimate of drug-likeness (QED) is 0.477. The second kappa shape index (κ2) is 3.24. The van der Waals surface area contributed by atoms with Gasteiger partial charge in [0.2, 0.25) is 0 Å². The minimum absolute atomic E-state index is 0.363. The van der Waals surface area contributed by atoms with Crippen LogP contribution in [0.1, 0.15) is 47.5 Å². The molecule has 0 spiro atoms. The van der Waals surface area contributed by atoms with Gasteiger partial charge < -0.3 is 0 Å². The molecule has 0 heteroatoms. The van der Waals surface area contributed by atoms with E-state index in [1.54, 1.807) is 5.57 Å². The SMILES string of the molecule is CC1CCC(C)C1=CC(C)(C)C. The lowest BCUT2D eigenvalue weighted by atomic mass is 9.88. The Morgan fingerprint density at radius 2 is 1.50 bits per heavy atom. The molecule has 1 saturated carbocycles. The maximum atomic E-state index is 2.48. The van der Waals surface area contributed by atoms with Crippen molar-refractivity contribution in [3.05, 3.63) is 11.6 Å². The molecule has 0 bridgehead atoms. The van der Waals surface area contributed by atoms with Crippen molar-refractivity contribution < 1.29 is 0 Å². The molecular weight excluding hydrogens is 144 g/mol. The Balaban J connectivity index is 2.78. The summed E-state index contributed by atoms with van der Waals surface area (Å²) >= 11 is 0. The van der Waals surface area contributed by atoms with Gasteiger partial charge in [-0.1, -0.05) is 46.3 Å². The van der Waals surface area contributed by atoms with Gasteiger partial charge in [0.15, 0.2) is 0 Å². The highest BCUT2D eigenvalue weighted by molar-refractivity contribution is 5.16. The predicted molar refractivity (Wildman–Crippen MR) is 55.1 cm³/mol. The Morgan fingerprint density at radius 1 is 1.08 bits per heavy atom. The first-order valence-corrected chi connectivity index (χ1v) is 5.13. The molecule has 0 aromatic heterocycles. The molecule has 70 valence electrons. The minimum atomic E-state index is 0.363. The highest BCUT2D eigenvalue weighted by Crippen LogP contribution is 2.38. The summed E-state index contributed by atoms with van der Waals surface area (Å²) in [7, 11) is 0. The zero-order valence-corrected chi connectivity index (χ0v) is 9.15. The van der Waals surface area contributed by atoms with Crippen molar-refractivity contribution in [1.82, 2.24) is 0 Å². The summed E-state index contributed by atoms with van der Waals surface area (Å²) in [6, 6.07) is 0. The van der Waals surface area contributed by atoms with Crippen LogP contribution in [0.3, 0.4) is 0 Å². The van der Waals surface area contributed by atoms with Crippen LogP contribution < -0.4 is 0 Å². The molecule has 0 aromatic carbocycles. The summed E-state index contributed by atoms with van der Waals surface area (Å²) in [6.07, 6.45) is 5.27. The van der Waals surface area contributed by atoms with Crippen molar-refractivity contribution in [2.75, 3.05) is 0 Å². The van der Waals surface area contributed by atoms with Crippen LogP contribution >= 0.6 is 0 Å². The van der Waals surface area contributed by atoms with Gasteiger partial charge in [-0.25, -0.2) is 0 Å². The van der Waals surface area contributed by atoms with E-state index in [4.69, 9.17) is 0 Å². The Kier molecular flexibility index (Phi) is 2.65. The third kappa shape index (κ3) is 2.36. The molecule has 2 atom stereocenters. The van der Waals surface area contributed by atoms with Gasteiger partial charge in [0.1, 0.15) is 0 Å². The van der Waals surface area contributed by atoms with E-state index in [1.165, 1.54) is 12.8 Å². The van der Waals surface area contributed by atoms with E-state index in [9.17, 15) is 0 Å². The van der Waals surface area contributed by atoms with E-state index in [0.717, 1.165) is 11.8 Å². The van der Waals surface area contributed by atoms with Crippen LogP contribution in [0.15, 0.2) is 11.6 Å². The maximum absolute atomic E-state index is 2.48. The van der Waals surface area contributed by atoms with E-state index in [-0.39, 0.29) is 0 Å². The number of rotatable bonds is 0. The third-order valence-electron chi connectivity index (χ3n) is 2.77. The number of allylic oxidation sites excluding steroid dienone is 2. The van der Waals surface area contributed by atoms with Crippen molar-refractivity contribution in [3.63, 3.8) is 0 Å². The van der Waals surface area contributed by atoms with Gasteiger partial charge in [0.05, 0.1) is 0 Å². The van der Waals surface area contributed by atoms with Gasteiger partial charge in [-0.2, -0.15) is 0 Å². The third-order valence-corrected chi connectivity index (χ3v) is 2.77. The fraction of sp³-hybridized carbons (Fsp3) is 0.833. The first-order chi connectivity index (χ1) is 5.40. The van der Waals surface area contributed by atoms with Gasteiger partial charge >= 0.3 is 0 Å². The van der Waals surface area contributed by atoms with Crippen molar-refractivity contribution in [2.45, 2.75) is 47.5 Å². The van der Waals surface area contributed by atoms with Crippen LogP contribution in [-0.4, -0.2) is 0 Å². The van der Waals surface area contributed by atoms with Crippen LogP contribution in [0.4, 0.5) is 0 Å². The van der Waals surface area contributed by atoms with E-state index in [1.807, 2.05) is 0 Å². The van der Waals surface area contributed by atoms with E-state index in [0.29, 0.717) is 5.41 Å². The predicted octanol–water partition coefficient (Wildman–Crippen LogP) is 4.02. The summed E-state index contributed by atoms with van der Waals surface area (Å²) < 4.78 is 0. The standard InChI is InChI=1S/C12H22/c1-9-6-7-10(2)11(9)8-12(3,4)5/h8-10H,6-7H2,1-5H3. The number of hydrogen-bond donors (Lipinski definition) is 0. The second-order valence-electron chi connectivity index (χ2n) is 5.39. The van der Waals surface area contributed by atoms with E-state index >= 15 is 0 Å². The molecule has 0 amide bonds. The highest BCUT2D eigenvalue weighted by Gasteiger charge is 2.24. The Morgan fingerprint density at radius 3 is 1.83 bits per heavy atom. The summed E-state index contributed by atoms with van der Waals surface area (Å²) in [4.78, 5) is 0. The molecule has 0 aliphatic heterocycles. The molecular formula is C12H22. The van der Waals surface area contributed by atoms with Gasteiger partial charge in [-0.05, 0) is 30.1 Å². The van der Waals surface area contributed by atoms with Crippen molar-refractivity contribution in [1.29, 1.82) is 0 Å². The molecule has 0 N–H and O–H groups in total. The van der Waals surface area contributed by atoms with Crippen molar-refractivity contribution >= 4 is 0 Å². The van der Waals surface area contributed by atoms with Crippen LogP contribution in [0.2, 0.25) is 0 Å². The molecule has 0 saturated heterocycles. The molecule has 0 nitrogen and oxygen atoms in total. The topological polar surface area (TPSA) is 0 Å². The van der Waals surface area contributed by atoms with Gasteiger partial charge in [-0.15, -0.1) is 0 Å². The number of hydrogen-bond acceptors (Lipinski definition) is 0. The summed E-state index contributed by atoms with van der Waals surface area (Å²) in [5, 5.41) is 0. The molecule has 1 rings (SSSR count). The maximum Gasteiger partial charge on any atom is -0.0200 e. The van der Waals surface area contributed by atoms with Crippen LogP contribution in [0.25, 0.3) is 0 Å². The van der Waals surface area contributed by atoms with E-state index in [2.05, 4.69) is 40.7 Å². The summed E-state index contributed by atoms with van der Waals surface area (Å²) in [5.41, 5.74) is 2.06. The Bertz CT molecular complexity index is 169. The lowest BCUT2D eigenvalue weighted by molar-refractivity contribution is 0.525. The molecule has 0 radical (unpaired) electrons. The van der Waals surface area contributed by atoms with Gasteiger partial charge in [0, 0.05) is 0 Å². The molecule has 0 aromatic rings. The molecule has 1 fully saturated rings. The lowest BCUT2D eigenvalue weighted by Crippen LogP contribution is -2.05. The van der Waals surface area contributed by atoms with Crippen molar-refractivity contribution in [2.24, 2.45) is 17.3 Å². The fourth-order valence-electron chi connectivity index (χ4n) is 2.10. The largest absolute Gasteiger partial charge is 0.0794 e. The van der Waals surface area contributed by atoms with Crippen molar-refractivity contribution in [3.8, 4) is 0 Å². The highest BCUT2D eigenvalue weighted by atomic mass is 14.3. The van der Waals surface area contributed by atoms with Crippen LogP contribution in [-0.2, 0) is 0 Å². The minimum Gasteiger partial charge on any atom is -0.0794 e. The molecule has 1 aliphatic rings. The molecule has 12 heavy (non-hydrogen) atoms. The average molecular weight is 166 g/mol. The molecule has 0 heterocycles. The monoisotopic (exact) mass is 166 g/mol. The van der Waals surface area contributed by atoms with Crippen LogP contribution in [0.5, 0.6) is 0 Å². The second-order valence-corrected chi connectivity index (χ2v) is 5.39. The van der Waals surface area contributed by atoms with Gasteiger partial charge in [-0.3, -0.25) is 0 Å². The average Bonchev–Trinajstić information content (AvgIpc) is 2.16. The van der Waals surface area contributed by atoms with Gasteiger partial charge in [0.25, 0.3) is 0 Å². The lowest BCUT2D eigenvalue weighted by Gasteiger charge is -2.18. The molecule has 2 unspecified atom stereocenters. The zero-order valence-electron chi connectivity index (χ0n) is 9.15. The van der Waals surface area contributed by atoms with Crippen LogP contribution in [0, 0.1) is 17.3 Å². The normalized spacial score (nSPS) is 30.9. The Labute approximate surface area is 77.1 Å². The first kappa shape index (κ1) is 9.83. The zero-order chi connectivity index (χ0) is 9.35. The summed E-state index contributed by atoms with van der Waals surface area (Å²) in [6.45, 7) is 11.6. The molecule has 1 aliphatic carbocycles. The fourth-order valence-corrected chi connectivity index (χ4v) is 2.10. The van der Waals surface area contributed by atoms with E-state index < -0.39 is 0 Å². The first-order valence-electron chi connectivity index (χ1n) is 5.13. The summed E-state index contributed by atoms with van der Waals surface area (Å²) in [5.74, 6) is 1.67. The smallest absolute Gasteiger partial charge is 0.0200 e. The Hall–Kier alpha value is -0.260.